The number of carbonyl (C=O) groups is 1. The highest BCUT2D eigenvalue weighted by atomic mass is 32.1. The van der Waals surface area contributed by atoms with E-state index < -0.39 is 0 Å². The second-order valence-electron chi connectivity index (χ2n) is 8.97. The number of nitrogens with one attached hydrogen (secondary N) is 1. The van der Waals surface area contributed by atoms with Crippen LogP contribution < -0.4 is 10.1 Å². The number of nitriles is 1. The van der Waals surface area contributed by atoms with Crippen molar-refractivity contribution >= 4 is 22.4 Å². The fourth-order valence-electron chi connectivity index (χ4n) is 5.26. The second-order valence-corrected chi connectivity index (χ2v) is 10.00. The van der Waals surface area contributed by atoms with Crippen molar-refractivity contribution in [1.29, 1.82) is 5.26 Å². The Hall–Kier alpha value is -2.70. The standard InChI is InChI=1S/C24H27FN4O3S/c25-16-5-8-22-19(10-16)15-3-6-17(7-4-15)31-13-21-20(28-24-27-12-18(11-26)33-24)2-1-9-29(21)23(30)14-32-22/h5,8,10,12,15,17,20-21H,1-4,6-7,9,13-14H2,(H,27,28)/t15?,17?,20-,21-/m0/s1. The van der Waals surface area contributed by atoms with Crippen molar-refractivity contribution in [1.82, 2.24) is 9.88 Å². The number of thiazole rings is 1. The third-order valence-corrected chi connectivity index (χ3v) is 7.80. The molecule has 1 amide bonds. The smallest absolute Gasteiger partial charge is 0.260 e. The summed E-state index contributed by atoms with van der Waals surface area (Å²) >= 11 is 1.31. The van der Waals surface area contributed by atoms with Crippen LogP contribution in [-0.4, -0.2) is 53.7 Å². The second kappa shape index (κ2) is 9.65. The number of hydrogen-bond acceptors (Lipinski definition) is 7. The van der Waals surface area contributed by atoms with Gasteiger partial charge in [-0.3, -0.25) is 4.79 Å². The average Bonchev–Trinajstić information content (AvgIpc) is 3.30. The molecular weight excluding hydrogens is 443 g/mol. The summed E-state index contributed by atoms with van der Waals surface area (Å²) < 4.78 is 26.3. The Morgan fingerprint density at radius 2 is 2.09 bits per heavy atom. The van der Waals surface area contributed by atoms with E-state index in [1.165, 1.54) is 17.4 Å². The monoisotopic (exact) mass is 470 g/mol. The van der Waals surface area contributed by atoms with Crippen LogP contribution in [0.5, 0.6) is 5.75 Å². The molecule has 7 nitrogen and oxygen atoms in total. The van der Waals surface area contributed by atoms with Crippen LogP contribution >= 0.6 is 11.3 Å². The van der Waals surface area contributed by atoms with Gasteiger partial charge in [-0.15, -0.1) is 0 Å². The van der Waals surface area contributed by atoms with Gasteiger partial charge in [-0.1, -0.05) is 11.3 Å². The van der Waals surface area contributed by atoms with Gasteiger partial charge in [-0.2, -0.15) is 5.26 Å². The number of fused-ring (bicyclic) bond motifs is 5. The number of benzene rings is 1. The third kappa shape index (κ3) is 4.82. The van der Waals surface area contributed by atoms with Crippen molar-refractivity contribution in [2.24, 2.45) is 0 Å². The van der Waals surface area contributed by atoms with Gasteiger partial charge in [0.05, 0.1) is 31.0 Å². The predicted octanol–water partition coefficient (Wildman–Crippen LogP) is 4.06. The van der Waals surface area contributed by atoms with E-state index >= 15 is 0 Å². The Morgan fingerprint density at radius 1 is 1.24 bits per heavy atom. The number of carbonyl (C=O) groups excluding carboxylic acids is 1. The van der Waals surface area contributed by atoms with E-state index in [1.807, 2.05) is 4.90 Å². The molecule has 1 saturated carbocycles. The SMILES string of the molecule is N#Cc1cnc(N[C@H]2CCCN3C(=O)COc4ccc(F)cc4C4CCC(CC4)OC[C@@H]23)s1. The largest absolute Gasteiger partial charge is 0.483 e. The predicted molar refractivity (Wildman–Crippen MR) is 122 cm³/mol. The fraction of sp³-hybridized carbons (Fsp3) is 0.542. The first-order chi connectivity index (χ1) is 16.1. The van der Waals surface area contributed by atoms with Crippen LogP contribution in [-0.2, 0) is 9.53 Å². The molecule has 2 fully saturated rings. The van der Waals surface area contributed by atoms with Gasteiger partial charge in [0.2, 0.25) is 0 Å². The Morgan fingerprint density at radius 3 is 2.88 bits per heavy atom. The highest BCUT2D eigenvalue weighted by molar-refractivity contribution is 7.16. The van der Waals surface area contributed by atoms with Crippen LogP contribution in [0.2, 0.25) is 0 Å². The zero-order valence-electron chi connectivity index (χ0n) is 18.3. The minimum absolute atomic E-state index is 0.0248. The topological polar surface area (TPSA) is 87.5 Å². The summed E-state index contributed by atoms with van der Waals surface area (Å²) in [6, 6.07) is 6.53. The van der Waals surface area contributed by atoms with E-state index in [1.54, 1.807) is 18.3 Å². The van der Waals surface area contributed by atoms with Crippen molar-refractivity contribution < 1.29 is 18.7 Å². The molecule has 9 heteroatoms. The zero-order valence-corrected chi connectivity index (χ0v) is 19.2. The maximum absolute atomic E-state index is 14.0. The molecule has 0 spiro atoms. The number of hydrogen-bond donors (Lipinski definition) is 1. The van der Waals surface area contributed by atoms with Crippen LogP contribution in [0.1, 0.15) is 54.9 Å². The molecule has 4 heterocycles. The summed E-state index contributed by atoms with van der Waals surface area (Å²) in [5, 5.41) is 13.2. The quantitative estimate of drug-likeness (QED) is 0.712. The number of rotatable bonds is 2. The van der Waals surface area contributed by atoms with Crippen LogP contribution in [0.25, 0.3) is 0 Å². The van der Waals surface area contributed by atoms with E-state index in [-0.39, 0.29) is 42.4 Å². The van der Waals surface area contributed by atoms with Crippen molar-refractivity contribution in [3.63, 3.8) is 0 Å². The maximum atomic E-state index is 14.0. The number of halogens is 1. The molecule has 1 aromatic heterocycles. The van der Waals surface area contributed by atoms with Crippen LogP contribution in [0.3, 0.4) is 0 Å². The van der Waals surface area contributed by atoms with Gasteiger partial charge >= 0.3 is 0 Å². The summed E-state index contributed by atoms with van der Waals surface area (Å²) in [4.78, 5) is 20.0. The van der Waals surface area contributed by atoms with Gasteiger partial charge in [0.1, 0.15) is 22.5 Å². The lowest BCUT2D eigenvalue weighted by molar-refractivity contribution is -0.140. The summed E-state index contributed by atoms with van der Waals surface area (Å²) in [7, 11) is 0. The van der Waals surface area contributed by atoms with Crippen molar-refractivity contribution in [3.05, 3.63) is 40.7 Å². The average molecular weight is 471 g/mol. The summed E-state index contributed by atoms with van der Waals surface area (Å²) in [6.45, 7) is 0.990. The number of amides is 1. The van der Waals surface area contributed by atoms with E-state index in [4.69, 9.17) is 14.7 Å². The first kappa shape index (κ1) is 22.1. The zero-order chi connectivity index (χ0) is 22.8. The summed E-state index contributed by atoms with van der Waals surface area (Å²) in [5.41, 5.74) is 0.854. The van der Waals surface area contributed by atoms with Gasteiger partial charge in [0.25, 0.3) is 5.91 Å². The first-order valence-electron chi connectivity index (χ1n) is 11.6. The van der Waals surface area contributed by atoms with E-state index in [0.29, 0.717) is 28.9 Å². The Kier molecular flexibility index (Phi) is 6.47. The third-order valence-electron chi connectivity index (χ3n) is 6.96. The number of anilines is 1. The van der Waals surface area contributed by atoms with Crippen molar-refractivity contribution in [3.8, 4) is 11.8 Å². The Balaban J connectivity index is 1.40. The lowest BCUT2D eigenvalue weighted by Gasteiger charge is -2.42. The van der Waals surface area contributed by atoms with Gasteiger partial charge in [-0.25, -0.2) is 9.37 Å². The maximum Gasteiger partial charge on any atom is 0.260 e. The highest BCUT2D eigenvalue weighted by Crippen LogP contribution is 2.39. The molecule has 2 aromatic rings. The van der Waals surface area contributed by atoms with E-state index in [2.05, 4.69) is 16.4 Å². The normalized spacial score (nSPS) is 27.8. The number of aromatic nitrogens is 1. The van der Waals surface area contributed by atoms with Crippen molar-refractivity contribution in [2.45, 2.75) is 62.6 Å². The van der Waals surface area contributed by atoms with Crippen LogP contribution in [0, 0.1) is 17.1 Å². The molecule has 1 aromatic carbocycles. The number of piperidine rings is 1. The minimum atomic E-state index is -0.280. The van der Waals surface area contributed by atoms with E-state index in [0.717, 1.165) is 44.1 Å². The van der Waals surface area contributed by atoms with Crippen LogP contribution in [0.15, 0.2) is 24.4 Å². The molecule has 3 aliphatic heterocycles. The molecule has 1 N–H and O–H groups in total. The highest BCUT2D eigenvalue weighted by Gasteiger charge is 2.37. The van der Waals surface area contributed by atoms with Crippen molar-refractivity contribution in [2.75, 3.05) is 25.1 Å². The molecule has 0 unspecified atom stereocenters. The minimum Gasteiger partial charge on any atom is -0.483 e. The van der Waals surface area contributed by atoms with Gasteiger partial charge in [0, 0.05) is 12.1 Å². The first-order valence-corrected chi connectivity index (χ1v) is 12.4. The summed E-state index contributed by atoms with van der Waals surface area (Å²) in [5.74, 6) is 0.429. The lowest BCUT2D eigenvalue weighted by Crippen LogP contribution is -2.57. The number of nitrogens with zero attached hydrogens (tertiary/aromatic N) is 3. The molecule has 1 saturated heterocycles. The van der Waals surface area contributed by atoms with E-state index in [9.17, 15) is 9.18 Å². The lowest BCUT2D eigenvalue weighted by atomic mass is 9.82. The molecule has 4 aliphatic rings. The molecule has 174 valence electrons. The molecule has 6 rings (SSSR count). The molecule has 2 bridgehead atoms. The Bertz CT molecular complexity index is 1050. The molecule has 2 atom stereocenters. The van der Waals surface area contributed by atoms with Gasteiger partial charge in [-0.05, 0) is 62.6 Å². The Labute approximate surface area is 196 Å². The summed E-state index contributed by atoms with van der Waals surface area (Å²) in [6.07, 6.45) is 7.04. The molecule has 33 heavy (non-hydrogen) atoms. The molecule has 0 radical (unpaired) electrons. The molecular formula is C24H27FN4O3S. The molecule has 1 aliphatic carbocycles. The number of ether oxygens (including phenoxy) is 2. The van der Waals surface area contributed by atoms with Gasteiger partial charge < -0.3 is 19.7 Å². The van der Waals surface area contributed by atoms with Gasteiger partial charge in [0.15, 0.2) is 11.7 Å². The van der Waals surface area contributed by atoms with Crippen LogP contribution in [0.4, 0.5) is 9.52 Å². The fourth-order valence-corrected chi connectivity index (χ4v) is 5.93.